The lowest BCUT2D eigenvalue weighted by Crippen LogP contribution is -2.28. The summed E-state index contributed by atoms with van der Waals surface area (Å²) in [6.07, 6.45) is 0. The van der Waals surface area contributed by atoms with Gasteiger partial charge in [-0.3, -0.25) is 0 Å². The first kappa shape index (κ1) is 33.1. The van der Waals surface area contributed by atoms with Gasteiger partial charge in [-0.25, -0.2) is 0 Å². The van der Waals surface area contributed by atoms with E-state index in [-0.39, 0.29) is 0 Å². The molecule has 0 radical (unpaired) electrons. The molecule has 0 atom stereocenters. The fourth-order valence-corrected chi connectivity index (χ4v) is 10.4. The van der Waals surface area contributed by atoms with Crippen LogP contribution in [0.15, 0.2) is 221 Å². The molecule has 0 amide bonds. The number of anilines is 3. The van der Waals surface area contributed by atoms with Crippen molar-refractivity contribution in [2.45, 2.75) is 5.41 Å². The molecule has 10 aromatic carbocycles. The van der Waals surface area contributed by atoms with E-state index in [0.29, 0.717) is 0 Å². The van der Waals surface area contributed by atoms with Gasteiger partial charge in [-0.2, -0.15) is 0 Å². The van der Waals surface area contributed by atoms with Gasteiger partial charge in [0.15, 0.2) is 5.58 Å². The predicted molar refractivity (Wildman–Crippen MR) is 248 cm³/mol. The Balaban J connectivity index is 1.14. The minimum atomic E-state index is -0.551. The molecule has 280 valence electrons. The molecule has 0 fully saturated rings. The molecule has 2 aromatic heterocycles. The van der Waals surface area contributed by atoms with Gasteiger partial charge in [0.2, 0.25) is 0 Å². The first-order valence-corrected chi connectivity index (χ1v) is 20.6. The third kappa shape index (κ3) is 4.49. The van der Waals surface area contributed by atoms with Crippen LogP contribution in [0.2, 0.25) is 0 Å². The van der Waals surface area contributed by atoms with Crippen molar-refractivity contribution in [2.75, 3.05) is 4.90 Å². The van der Waals surface area contributed by atoms with Crippen LogP contribution in [0.4, 0.5) is 17.1 Å². The number of fused-ring (bicyclic) bond motifs is 13. The average molecular weight is 766 g/mol. The highest BCUT2D eigenvalue weighted by Crippen LogP contribution is 2.60. The van der Waals surface area contributed by atoms with E-state index in [1.807, 2.05) is 0 Å². The molecule has 0 bridgehead atoms. The summed E-state index contributed by atoms with van der Waals surface area (Å²) in [6.45, 7) is 0. The molecule has 0 unspecified atom stereocenters. The lowest BCUT2D eigenvalue weighted by atomic mass is 9.68. The number of rotatable bonds is 5. The highest BCUT2D eigenvalue weighted by Gasteiger charge is 2.47. The van der Waals surface area contributed by atoms with E-state index in [0.717, 1.165) is 82.5 Å². The van der Waals surface area contributed by atoms with Crippen molar-refractivity contribution in [3.05, 3.63) is 235 Å². The predicted octanol–water partition coefficient (Wildman–Crippen LogP) is 15.6. The van der Waals surface area contributed by atoms with E-state index in [9.17, 15) is 0 Å². The zero-order valence-electron chi connectivity index (χ0n) is 32.5. The van der Waals surface area contributed by atoms with Crippen LogP contribution in [0.3, 0.4) is 0 Å². The molecule has 3 heteroatoms. The van der Waals surface area contributed by atoms with E-state index in [4.69, 9.17) is 8.83 Å². The van der Waals surface area contributed by atoms with Crippen LogP contribution < -0.4 is 4.90 Å². The van der Waals surface area contributed by atoms with Crippen molar-refractivity contribution in [1.29, 1.82) is 0 Å². The monoisotopic (exact) mass is 765 g/mol. The number of hydrogen-bond acceptors (Lipinski definition) is 3. The Morgan fingerprint density at radius 1 is 0.350 bits per heavy atom. The molecule has 0 N–H and O–H groups in total. The van der Waals surface area contributed by atoms with Gasteiger partial charge >= 0.3 is 0 Å². The van der Waals surface area contributed by atoms with Gasteiger partial charge in [-0.15, -0.1) is 0 Å². The van der Waals surface area contributed by atoms with E-state index >= 15 is 0 Å². The van der Waals surface area contributed by atoms with Gasteiger partial charge in [-0.05, 0) is 75.0 Å². The molecule has 1 aliphatic carbocycles. The SMILES string of the molecule is c1ccc(C2(c3ccccc3)c3ccccc3-c3c(N(c4ccc5c(c4)oc4c6ccccc6ccc54)c4cccc5c4oc4c6ccccc6ccc54)cccc32)cc1. The fourth-order valence-electron chi connectivity index (χ4n) is 10.4. The Labute approximate surface area is 346 Å². The number of nitrogens with zero attached hydrogens (tertiary/aromatic N) is 1. The van der Waals surface area contributed by atoms with E-state index in [1.54, 1.807) is 0 Å². The molecular formula is C57H35NO2. The Morgan fingerprint density at radius 3 is 1.62 bits per heavy atom. The van der Waals surface area contributed by atoms with Crippen molar-refractivity contribution < 1.29 is 8.83 Å². The van der Waals surface area contributed by atoms with Gasteiger partial charge in [0.1, 0.15) is 16.7 Å². The highest BCUT2D eigenvalue weighted by molar-refractivity contribution is 6.19. The molecule has 0 saturated carbocycles. The second kappa shape index (κ2) is 12.6. The summed E-state index contributed by atoms with van der Waals surface area (Å²) < 4.78 is 14.0. The normalized spacial score (nSPS) is 13.1. The number of benzene rings is 10. The first-order chi connectivity index (χ1) is 29.8. The Kier molecular flexibility index (Phi) is 6.93. The van der Waals surface area contributed by atoms with Gasteiger partial charge < -0.3 is 13.7 Å². The molecule has 1 aliphatic rings. The van der Waals surface area contributed by atoms with E-state index in [1.165, 1.54) is 33.4 Å². The highest BCUT2D eigenvalue weighted by atomic mass is 16.3. The smallest absolute Gasteiger partial charge is 0.159 e. The molecule has 0 saturated heterocycles. The summed E-state index contributed by atoms with van der Waals surface area (Å²) in [5.74, 6) is 0. The second-order valence-electron chi connectivity index (χ2n) is 15.9. The molecule has 13 rings (SSSR count). The fraction of sp³-hybridized carbons (Fsp3) is 0.0175. The third-order valence-corrected chi connectivity index (χ3v) is 12.9. The Hall–Kier alpha value is -7.88. The lowest BCUT2D eigenvalue weighted by Gasteiger charge is -2.34. The van der Waals surface area contributed by atoms with Gasteiger partial charge in [0.25, 0.3) is 0 Å². The lowest BCUT2D eigenvalue weighted by molar-refractivity contribution is 0.671. The topological polar surface area (TPSA) is 29.5 Å². The van der Waals surface area contributed by atoms with Gasteiger partial charge in [0, 0.05) is 43.9 Å². The Morgan fingerprint density at radius 2 is 0.883 bits per heavy atom. The van der Waals surface area contributed by atoms with Crippen LogP contribution in [-0.4, -0.2) is 0 Å². The number of para-hydroxylation sites is 1. The summed E-state index contributed by atoms with van der Waals surface area (Å²) in [4.78, 5) is 2.40. The van der Waals surface area contributed by atoms with Crippen LogP contribution >= 0.6 is 0 Å². The zero-order chi connectivity index (χ0) is 39.4. The minimum absolute atomic E-state index is 0.551. The largest absolute Gasteiger partial charge is 0.455 e. The van der Waals surface area contributed by atoms with Gasteiger partial charge in [0.05, 0.1) is 22.5 Å². The summed E-state index contributed by atoms with van der Waals surface area (Å²) >= 11 is 0. The number of furan rings is 2. The zero-order valence-corrected chi connectivity index (χ0v) is 32.5. The molecule has 0 aliphatic heterocycles. The Bertz CT molecular complexity index is 3630. The number of hydrogen-bond donors (Lipinski definition) is 0. The standard InChI is InChI=1S/C57H35NO2/c1-3-17-38(18-4-1)57(39-19-5-2-6-20-39)48-25-12-11-23-47(48)53-49(57)26-14-27-50(53)58(40-31-34-43-45-32-29-36-15-7-9-21-41(36)54(45)59-52(43)35-40)51-28-13-24-44-46-33-30-37-16-8-10-22-42(37)55(46)60-56(44)51/h1-35H. The van der Waals surface area contributed by atoms with Crippen LogP contribution in [0, 0.1) is 0 Å². The minimum Gasteiger partial charge on any atom is -0.455 e. The maximum atomic E-state index is 7.11. The molecule has 3 nitrogen and oxygen atoms in total. The van der Waals surface area contributed by atoms with E-state index < -0.39 is 5.41 Å². The molecule has 60 heavy (non-hydrogen) atoms. The van der Waals surface area contributed by atoms with Gasteiger partial charge in [-0.1, -0.05) is 170 Å². The average Bonchev–Trinajstić information content (AvgIpc) is 3.99. The molecule has 2 heterocycles. The second-order valence-corrected chi connectivity index (χ2v) is 15.9. The van der Waals surface area contributed by atoms with Crippen molar-refractivity contribution >= 4 is 82.5 Å². The van der Waals surface area contributed by atoms with Crippen LogP contribution in [0.1, 0.15) is 22.3 Å². The van der Waals surface area contributed by atoms with Crippen LogP contribution in [0.5, 0.6) is 0 Å². The first-order valence-electron chi connectivity index (χ1n) is 20.6. The molecular weight excluding hydrogens is 731 g/mol. The van der Waals surface area contributed by atoms with E-state index in [2.05, 4.69) is 217 Å². The quantitative estimate of drug-likeness (QED) is 0.175. The summed E-state index contributed by atoms with van der Waals surface area (Å²) in [5.41, 5.74) is 13.3. The van der Waals surface area contributed by atoms with Crippen molar-refractivity contribution in [2.24, 2.45) is 0 Å². The molecule has 12 aromatic rings. The van der Waals surface area contributed by atoms with Crippen molar-refractivity contribution in [1.82, 2.24) is 0 Å². The van der Waals surface area contributed by atoms with Crippen molar-refractivity contribution in [3.8, 4) is 11.1 Å². The van der Waals surface area contributed by atoms with Crippen LogP contribution in [-0.2, 0) is 5.41 Å². The maximum Gasteiger partial charge on any atom is 0.159 e. The van der Waals surface area contributed by atoms with Crippen LogP contribution in [0.25, 0.3) is 76.5 Å². The summed E-state index contributed by atoms with van der Waals surface area (Å²) in [5, 5.41) is 8.90. The third-order valence-electron chi connectivity index (χ3n) is 12.9. The summed E-state index contributed by atoms with van der Waals surface area (Å²) in [6, 6.07) is 76.7. The summed E-state index contributed by atoms with van der Waals surface area (Å²) in [7, 11) is 0. The molecule has 0 spiro atoms. The van der Waals surface area contributed by atoms with Crippen molar-refractivity contribution in [3.63, 3.8) is 0 Å². The maximum absolute atomic E-state index is 7.11.